The number of aromatic nitrogens is 1. The van der Waals surface area contributed by atoms with Crippen LogP contribution >= 0.6 is 0 Å². The molecule has 7 heteroatoms. The van der Waals surface area contributed by atoms with Crippen LogP contribution in [0.5, 0.6) is 0 Å². The number of amides is 2. The summed E-state index contributed by atoms with van der Waals surface area (Å²) in [6, 6.07) is 14.1. The van der Waals surface area contributed by atoms with Gasteiger partial charge in [0.2, 0.25) is 11.8 Å². The molecule has 0 radical (unpaired) electrons. The zero-order chi connectivity index (χ0) is 23.4. The summed E-state index contributed by atoms with van der Waals surface area (Å²) >= 11 is 0. The summed E-state index contributed by atoms with van der Waals surface area (Å²) in [5.74, 6) is -0.486. The fraction of sp³-hybridized carbons (Fsp3) is 0.269. The maximum absolute atomic E-state index is 13.1. The Hall–Kier alpha value is -3.58. The fourth-order valence-corrected chi connectivity index (χ4v) is 4.18. The molecule has 33 heavy (non-hydrogen) atoms. The highest BCUT2D eigenvalue weighted by molar-refractivity contribution is 5.98. The third-order valence-electron chi connectivity index (χ3n) is 5.80. The Balaban J connectivity index is 1.44. The van der Waals surface area contributed by atoms with E-state index in [0.29, 0.717) is 12.2 Å². The largest absolute Gasteiger partial charge is 0.334 e. The number of nitrogens with one attached hydrogen (secondary N) is 1. The van der Waals surface area contributed by atoms with Gasteiger partial charge >= 0.3 is 0 Å². The smallest absolute Gasteiger partial charge is 0.246 e. The standard InChI is InChI=1S/C26H27FN4O2/c1-18-16-30(17-20-5-8-23(27)9-6-20)12-13-31(18)26(33)10-7-22-14-21-4-3-11-28-24(21)15-25(22)29-19(2)32/h3-11,14-15,18H,12-13,16-17H2,1-2H3,(H,29,32)/b10-7+/t18-/m1/s1. The second kappa shape index (κ2) is 9.92. The minimum Gasteiger partial charge on any atom is -0.334 e. The van der Waals surface area contributed by atoms with Crippen molar-refractivity contribution in [3.05, 3.63) is 77.7 Å². The number of hydrogen-bond donors (Lipinski definition) is 1. The maximum atomic E-state index is 13.1. The molecule has 3 aromatic rings. The predicted molar refractivity (Wildman–Crippen MR) is 128 cm³/mol. The zero-order valence-corrected chi connectivity index (χ0v) is 18.8. The summed E-state index contributed by atoms with van der Waals surface area (Å²) < 4.78 is 13.1. The van der Waals surface area contributed by atoms with Crippen LogP contribution in [-0.4, -0.2) is 52.3 Å². The molecule has 0 bridgehead atoms. The highest BCUT2D eigenvalue weighted by Crippen LogP contribution is 2.24. The van der Waals surface area contributed by atoms with Gasteiger partial charge in [0.15, 0.2) is 0 Å². The van der Waals surface area contributed by atoms with Crippen molar-refractivity contribution in [2.75, 3.05) is 25.0 Å². The van der Waals surface area contributed by atoms with E-state index in [1.165, 1.54) is 19.1 Å². The number of halogens is 1. The minimum absolute atomic E-state index is 0.0481. The molecule has 0 unspecified atom stereocenters. The fourth-order valence-electron chi connectivity index (χ4n) is 4.18. The second-order valence-electron chi connectivity index (χ2n) is 8.39. The van der Waals surface area contributed by atoms with Crippen LogP contribution in [0.3, 0.4) is 0 Å². The molecule has 2 heterocycles. The summed E-state index contributed by atoms with van der Waals surface area (Å²) in [5.41, 5.74) is 3.20. The summed E-state index contributed by atoms with van der Waals surface area (Å²) in [6.07, 6.45) is 5.02. The van der Waals surface area contributed by atoms with Crippen LogP contribution < -0.4 is 5.32 Å². The molecule has 0 spiro atoms. The average molecular weight is 447 g/mol. The average Bonchev–Trinajstić information content (AvgIpc) is 2.78. The number of benzene rings is 2. The molecular formula is C26H27FN4O2. The van der Waals surface area contributed by atoms with E-state index in [-0.39, 0.29) is 23.7 Å². The van der Waals surface area contributed by atoms with Gasteiger partial charge in [0, 0.05) is 56.8 Å². The topological polar surface area (TPSA) is 65.5 Å². The highest BCUT2D eigenvalue weighted by atomic mass is 19.1. The Kier molecular flexibility index (Phi) is 6.79. The summed E-state index contributed by atoms with van der Waals surface area (Å²) in [5, 5.41) is 3.76. The lowest BCUT2D eigenvalue weighted by atomic mass is 10.1. The first-order valence-corrected chi connectivity index (χ1v) is 11.0. The second-order valence-corrected chi connectivity index (χ2v) is 8.39. The van der Waals surface area contributed by atoms with Gasteiger partial charge in [0.05, 0.1) is 11.2 Å². The van der Waals surface area contributed by atoms with Crippen molar-refractivity contribution in [2.45, 2.75) is 26.4 Å². The molecule has 0 saturated carbocycles. The van der Waals surface area contributed by atoms with Gasteiger partial charge in [-0.25, -0.2) is 4.39 Å². The normalized spacial score (nSPS) is 16.9. The van der Waals surface area contributed by atoms with Crippen LogP contribution in [0, 0.1) is 5.82 Å². The first-order chi connectivity index (χ1) is 15.9. The molecule has 0 aliphatic carbocycles. The van der Waals surface area contributed by atoms with Crippen LogP contribution in [0.25, 0.3) is 17.0 Å². The van der Waals surface area contributed by atoms with Gasteiger partial charge in [0.25, 0.3) is 0 Å². The molecule has 170 valence electrons. The third-order valence-corrected chi connectivity index (χ3v) is 5.80. The molecule has 1 aromatic heterocycles. The van der Waals surface area contributed by atoms with E-state index in [4.69, 9.17) is 0 Å². The van der Waals surface area contributed by atoms with Crippen LogP contribution in [0.2, 0.25) is 0 Å². The van der Waals surface area contributed by atoms with Crippen molar-refractivity contribution in [3.63, 3.8) is 0 Å². The molecule has 1 atom stereocenters. The lowest BCUT2D eigenvalue weighted by Crippen LogP contribution is -2.53. The van der Waals surface area contributed by atoms with Crippen molar-refractivity contribution >= 4 is 34.5 Å². The number of nitrogens with zero attached hydrogens (tertiary/aromatic N) is 3. The first-order valence-electron chi connectivity index (χ1n) is 11.0. The van der Waals surface area contributed by atoms with Gasteiger partial charge < -0.3 is 10.2 Å². The number of piperazine rings is 1. The summed E-state index contributed by atoms with van der Waals surface area (Å²) in [4.78, 5) is 33.1. The Morgan fingerprint density at radius 1 is 1.18 bits per heavy atom. The quantitative estimate of drug-likeness (QED) is 0.600. The van der Waals surface area contributed by atoms with E-state index >= 15 is 0 Å². The minimum atomic E-state index is -0.237. The van der Waals surface area contributed by atoms with E-state index in [1.54, 1.807) is 30.5 Å². The molecule has 1 aliphatic rings. The molecule has 1 aliphatic heterocycles. The number of carbonyl (C=O) groups is 2. The third kappa shape index (κ3) is 5.62. The van der Waals surface area contributed by atoms with Gasteiger partial charge in [-0.3, -0.25) is 19.5 Å². The van der Waals surface area contributed by atoms with E-state index in [9.17, 15) is 14.0 Å². The highest BCUT2D eigenvalue weighted by Gasteiger charge is 2.26. The molecule has 2 aromatic carbocycles. The lowest BCUT2D eigenvalue weighted by Gasteiger charge is -2.39. The van der Waals surface area contributed by atoms with Gasteiger partial charge in [-0.2, -0.15) is 0 Å². The Morgan fingerprint density at radius 3 is 2.70 bits per heavy atom. The molecule has 2 amide bonds. The van der Waals surface area contributed by atoms with Crippen molar-refractivity contribution < 1.29 is 14.0 Å². The van der Waals surface area contributed by atoms with Crippen molar-refractivity contribution in [1.29, 1.82) is 0 Å². The van der Waals surface area contributed by atoms with E-state index in [1.807, 2.05) is 36.1 Å². The number of anilines is 1. The van der Waals surface area contributed by atoms with Crippen molar-refractivity contribution in [1.82, 2.24) is 14.8 Å². The number of rotatable bonds is 5. The zero-order valence-electron chi connectivity index (χ0n) is 18.8. The predicted octanol–water partition coefficient (Wildman–Crippen LogP) is 4.08. The van der Waals surface area contributed by atoms with Crippen molar-refractivity contribution in [3.8, 4) is 0 Å². The molecule has 1 fully saturated rings. The number of pyridine rings is 1. The molecule has 1 saturated heterocycles. The van der Waals surface area contributed by atoms with Crippen LogP contribution in [0.1, 0.15) is 25.0 Å². The Labute approximate surface area is 192 Å². The molecule has 6 nitrogen and oxygen atoms in total. The Morgan fingerprint density at radius 2 is 1.97 bits per heavy atom. The van der Waals surface area contributed by atoms with E-state index in [2.05, 4.69) is 15.2 Å². The summed E-state index contributed by atoms with van der Waals surface area (Å²) in [7, 11) is 0. The van der Waals surface area contributed by atoms with Gasteiger partial charge in [-0.15, -0.1) is 0 Å². The lowest BCUT2D eigenvalue weighted by molar-refractivity contribution is -0.130. The first kappa shape index (κ1) is 22.6. The van der Waals surface area contributed by atoms with Crippen LogP contribution in [0.15, 0.2) is 60.8 Å². The van der Waals surface area contributed by atoms with Crippen molar-refractivity contribution in [2.24, 2.45) is 0 Å². The van der Waals surface area contributed by atoms with Crippen LogP contribution in [0.4, 0.5) is 10.1 Å². The molecule has 4 rings (SSSR count). The van der Waals surface area contributed by atoms with Gasteiger partial charge in [-0.1, -0.05) is 18.2 Å². The van der Waals surface area contributed by atoms with E-state index < -0.39 is 0 Å². The maximum Gasteiger partial charge on any atom is 0.246 e. The Bertz CT molecular complexity index is 1190. The number of hydrogen-bond acceptors (Lipinski definition) is 4. The van der Waals surface area contributed by atoms with E-state index in [0.717, 1.165) is 41.7 Å². The SMILES string of the molecule is CC(=O)Nc1cc2ncccc2cc1/C=C/C(=O)N1CCN(Cc2ccc(F)cc2)C[C@H]1C. The summed E-state index contributed by atoms with van der Waals surface area (Å²) in [6.45, 7) is 6.33. The number of carbonyl (C=O) groups excluding carboxylic acids is 2. The molecule has 1 N–H and O–H groups in total. The van der Waals surface area contributed by atoms with Gasteiger partial charge in [0.1, 0.15) is 5.82 Å². The number of fused-ring (bicyclic) bond motifs is 1. The van der Waals surface area contributed by atoms with Crippen LogP contribution in [-0.2, 0) is 16.1 Å². The monoisotopic (exact) mass is 446 g/mol. The van der Waals surface area contributed by atoms with Gasteiger partial charge in [-0.05, 0) is 54.5 Å². The molecular weight excluding hydrogens is 419 g/mol.